The van der Waals surface area contributed by atoms with Crippen LogP contribution in [-0.4, -0.2) is 29.1 Å². The molecule has 0 aliphatic carbocycles. The summed E-state index contributed by atoms with van der Waals surface area (Å²) in [5, 5.41) is 3.29. The van der Waals surface area contributed by atoms with E-state index in [-0.39, 0.29) is 39.3 Å². The van der Waals surface area contributed by atoms with Gasteiger partial charge in [0, 0.05) is 22.9 Å². The van der Waals surface area contributed by atoms with E-state index in [4.69, 9.17) is 11.3 Å². The van der Waals surface area contributed by atoms with Gasteiger partial charge in [-0.3, -0.25) is 0 Å². The van der Waals surface area contributed by atoms with E-state index in [2.05, 4.69) is 10.0 Å². The summed E-state index contributed by atoms with van der Waals surface area (Å²) >= 11 is 1.09. The molecule has 0 spiro atoms. The highest BCUT2D eigenvalue weighted by Crippen LogP contribution is 2.28. The maximum Gasteiger partial charge on any atom is 0.215 e. The van der Waals surface area contributed by atoms with E-state index in [1.807, 2.05) is 0 Å². The fraction of sp³-hybridized carbons (Fsp3) is 0.286. The molecule has 2 aromatic rings. The van der Waals surface area contributed by atoms with E-state index in [1.165, 1.54) is 30.3 Å². The van der Waals surface area contributed by atoms with Crippen LogP contribution in [0.4, 0.5) is 0 Å². The highest BCUT2D eigenvalue weighted by atomic mass is 32.2. The van der Waals surface area contributed by atoms with Crippen molar-refractivity contribution in [1.29, 1.82) is 0 Å². The molecule has 0 saturated heterocycles. The Hall–Kier alpha value is -1.91. The van der Waals surface area contributed by atoms with E-state index in [1.54, 1.807) is 6.07 Å². The van der Waals surface area contributed by atoms with Crippen LogP contribution in [0.1, 0.15) is 11.3 Å². The maximum absolute atomic E-state index is 12.5. The molecule has 0 bridgehead atoms. The Bertz CT molecular complexity index is 989. The molecule has 25 heavy (non-hydrogen) atoms. The van der Waals surface area contributed by atoms with Gasteiger partial charge in [0.1, 0.15) is 4.21 Å². The first kappa shape index (κ1) is 19.4. The lowest BCUT2D eigenvalue weighted by atomic mass is 10.4. The molecule has 0 fully saturated rings. The Morgan fingerprint density at radius 1 is 1.04 bits per heavy atom. The Balaban J connectivity index is 2.22. The SMILES string of the molecule is [N-]=[N+]=NCCCS(=O)(=O)c1ccc(S(=O)(=O)c2ccc(CN)s2)cc1. The van der Waals surface area contributed by atoms with Gasteiger partial charge < -0.3 is 5.73 Å². The molecular weight excluding hydrogens is 384 g/mol. The lowest BCUT2D eigenvalue weighted by molar-refractivity contribution is 0.591. The summed E-state index contributed by atoms with van der Waals surface area (Å²) in [5.41, 5.74) is 13.7. The summed E-state index contributed by atoms with van der Waals surface area (Å²) in [4.78, 5) is 3.36. The van der Waals surface area contributed by atoms with Crippen molar-refractivity contribution in [2.45, 2.75) is 27.0 Å². The Morgan fingerprint density at radius 2 is 1.68 bits per heavy atom. The second-order valence-electron chi connectivity index (χ2n) is 5.03. The standard InChI is InChI=1S/C14H16N4O4S3/c15-10-11-2-7-14(23-11)25(21,22)13-5-3-12(4-6-13)24(19,20)9-1-8-17-18-16/h2-7H,1,8-10,15H2. The number of nitrogens with zero attached hydrogens (tertiary/aromatic N) is 3. The third kappa shape index (κ3) is 4.59. The molecule has 1 aromatic heterocycles. The monoisotopic (exact) mass is 400 g/mol. The van der Waals surface area contributed by atoms with Gasteiger partial charge >= 0.3 is 0 Å². The minimum Gasteiger partial charge on any atom is -0.326 e. The van der Waals surface area contributed by atoms with Gasteiger partial charge in [0.15, 0.2) is 9.84 Å². The fourth-order valence-corrected chi connectivity index (χ4v) is 5.97. The largest absolute Gasteiger partial charge is 0.326 e. The van der Waals surface area contributed by atoms with Crippen molar-refractivity contribution in [3.63, 3.8) is 0 Å². The van der Waals surface area contributed by atoms with Crippen LogP contribution in [-0.2, 0) is 26.2 Å². The van der Waals surface area contributed by atoms with Crippen molar-refractivity contribution in [2.75, 3.05) is 12.3 Å². The first-order chi connectivity index (χ1) is 11.8. The smallest absolute Gasteiger partial charge is 0.215 e. The first-order valence-corrected chi connectivity index (χ1v) is 11.1. The highest BCUT2D eigenvalue weighted by Gasteiger charge is 2.21. The summed E-state index contributed by atoms with van der Waals surface area (Å²) in [5.74, 6) is -0.178. The average molecular weight is 401 g/mol. The van der Waals surface area contributed by atoms with Crippen LogP contribution >= 0.6 is 11.3 Å². The predicted octanol–water partition coefficient (Wildman–Crippen LogP) is 2.51. The number of thiophene rings is 1. The van der Waals surface area contributed by atoms with Gasteiger partial charge in [-0.25, -0.2) is 16.8 Å². The second kappa shape index (κ2) is 7.98. The van der Waals surface area contributed by atoms with E-state index >= 15 is 0 Å². The lowest BCUT2D eigenvalue weighted by Gasteiger charge is -2.06. The molecule has 1 heterocycles. The summed E-state index contributed by atoms with van der Waals surface area (Å²) in [7, 11) is -7.26. The van der Waals surface area contributed by atoms with Crippen LogP contribution in [0.2, 0.25) is 0 Å². The summed E-state index contributed by atoms with van der Waals surface area (Å²) in [6, 6.07) is 8.23. The second-order valence-corrected chi connectivity index (χ2v) is 10.5. The zero-order chi connectivity index (χ0) is 18.5. The van der Waals surface area contributed by atoms with Crippen LogP contribution in [0.25, 0.3) is 10.4 Å². The van der Waals surface area contributed by atoms with Crippen LogP contribution < -0.4 is 5.73 Å². The molecule has 0 aliphatic heterocycles. The number of rotatable bonds is 8. The van der Waals surface area contributed by atoms with Gasteiger partial charge in [-0.1, -0.05) is 5.11 Å². The molecule has 0 aliphatic rings. The molecule has 0 unspecified atom stereocenters. The normalized spacial score (nSPS) is 11.9. The summed E-state index contributed by atoms with van der Waals surface area (Å²) in [6.45, 7) is 0.345. The molecule has 0 saturated carbocycles. The molecule has 0 amide bonds. The molecule has 2 N–H and O–H groups in total. The van der Waals surface area contributed by atoms with Crippen molar-refractivity contribution in [1.82, 2.24) is 0 Å². The third-order valence-electron chi connectivity index (χ3n) is 3.33. The van der Waals surface area contributed by atoms with Crippen molar-refractivity contribution in [3.8, 4) is 0 Å². The fourth-order valence-electron chi connectivity index (χ4n) is 2.04. The minimum atomic E-state index is -3.70. The molecular formula is C14H16N4O4S3. The van der Waals surface area contributed by atoms with Gasteiger partial charge in [-0.05, 0) is 48.4 Å². The van der Waals surface area contributed by atoms with Crippen LogP contribution in [0.5, 0.6) is 0 Å². The quantitative estimate of drug-likeness (QED) is 0.313. The van der Waals surface area contributed by atoms with Crippen LogP contribution in [0, 0.1) is 0 Å². The predicted molar refractivity (Wildman–Crippen MR) is 94.8 cm³/mol. The van der Waals surface area contributed by atoms with E-state index < -0.39 is 19.7 Å². The molecule has 11 heteroatoms. The van der Waals surface area contributed by atoms with E-state index in [0.717, 1.165) is 16.2 Å². The van der Waals surface area contributed by atoms with Gasteiger partial charge in [0.2, 0.25) is 9.84 Å². The maximum atomic E-state index is 12.5. The number of nitrogens with two attached hydrogens (primary N) is 1. The van der Waals surface area contributed by atoms with Crippen molar-refractivity contribution < 1.29 is 16.8 Å². The van der Waals surface area contributed by atoms with E-state index in [0.29, 0.717) is 0 Å². The van der Waals surface area contributed by atoms with E-state index in [9.17, 15) is 16.8 Å². The molecule has 134 valence electrons. The minimum absolute atomic E-state index is 0.0194. The third-order valence-corrected chi connectivity index (χ3v) is 8.52. The van der Waals surface area contributed by atoms with Crippen molar-refractivity contribution >= 4 is 31.0 Å². The number of benzene rings is 1. The number of hydrogen-bond donors (Lipinski definition) is 1. The number of hydrogen-bond acceptors (Lipinski definition) is 7. The number of sulfone groups is 2. The Morgan fingerprint density at radius 3 is 2.24 bits per heavy atom. The highest BCUT2D eigenvalue weighted by molar-refractivity contribution is 7.93. The first-order valence-electron chi connectivity index (χ1n) is 7.19. The lowest BCUT2D eigenvalue weighted by Crippen LogP contribution is -2.08. The van der Waals surface area contributed by atoms with Crippen molar-refractivity contribution in [2.24, 2.45) is 10.8 Å². The number of azide groups is 1. The average Bonchev–Trinajstić information content (AvgIpc) is 3.09. The van der Waals surface area contributed by atoms with Gasteiger partial charge in [0.05, 0.1) is 15.5 Å². The zero-order valence-corrected chi connectivity index (χ0v) is 15.5. The van der Waals surface area contributed by atoms with Gasteiger partial charge in [0.25, 0.3) is 0 Å². The molecule has 2 rings (SSSR count). The van der Waals surface area contributed by atoms with Gasteiger partial charge in [-0.2, -0.15) is 0 Å². The molecule has 1 aromatic carbocycles. The zero-order valence-electron chi connectivity index (χ0n) is 13.1. The molecule has 0 atom stereocenters. The topological polar surface area (TPSA) is 143 Å². The van der Waals surface area contributed by atoms with Crippen LogP contribution in [0.3, 0.4) is 0 Å². The van der Waals surface area contributed by atoms with Gasteiger partial charge in [-0.15, -0.1) is 11.3 Å². The Labute approximate surface area is 149 Å². The van der Waals surface area contributed by atoms with Crippen LogP contribution in [0.15, 0.2) is 55.5 Å². The Kier molecular flexibility index (Phi) is 6.20. The van der Waals surface area contributed by atoms with Crippen molar-refractivity contribution in [3.05, 3.63) is 51.7 Å². The summed E-state index contributed by atoms with van der Waals surface area (Å²) < 4.78 is 49.6. The summed E-state index contributed by atoms with van der Waals surface area (Å²) in [6.07, 6.45) is 0.198. The molecule has 0 radical (unpaired) electrons. The molecule has 8 nitrogen and oxygen atoms in total.